The summed E-state index contributed by atoms with van der Waals surface area (Å²) in [7, 11) is 1.64. The average molecular weight is 262 g/mol. The fourth-order valence-electron chi connectivity index (χ4n) is 1.85. The largest absolute Gasteiger partial charge is 0.497 e. The summed E-state index contributed by atoms with van der Waals surface area (Å²) in [5.41, 5.74) is 0.909. The summed E-state index contributed by atoms with van der Waals surface area (Å²) in [6.07, 6.45) is 0. The second kappa shape index (κ2) is 5.31. The molecule has 0 saturated carbocycles. The molecule has 94 valence electrons. The van der Waals surface area contributed by atoms with Crippen LogP contribution in [0.4, 0.5) is 0 Å². The van der Waals surface area contributed by atoms with E-state index in [9.17, 15) is 4.79 Å². The first-order valence-electron chi connectivity index (χ1n) is 5.58. The minimum Gasteiger partial charge on any atom is -0.497 e. The molecule has 0 saturated heterocycles. The molecule has 0 unspecified atom stereocenters. The van der Waals surface area contributed by atoms with Gasteiger partial charge in [0.05, 0.1) is 13.0 Å². The van der Waals surface area contributed by atoms with Crippen molar-refractivity contribution in [3.8, 4) is 5.75 Å². The summed E-state index contributed by atoms with van der Waals surface area (Å²) in [6.45, 7) is 1.79. The van der Waals surface area contributed by atoms with Crippen LogP contribution in [0.5, 0.6) is 5.75 Å². The maximum absolute atomic E-state index is 11.4. The molecule has 4 heteroatoms. The van der Waals surface area contributed by atoms with Crippen LogP contribution in [0.15, 0.2) is 36.4 Å². The van der Waals surface area contributed by atoms with Gasteiger partial charge < -0.3 is 8.92 Å². The molecule has 0 bridgehead atoms. The summed E-state index contributed by atoms with van der Waals surface area (Å²) in [4.78, 5) is 11.4. The van der Waals surface area contributed by atoms with Crippen molar-refractivity contribution in [1.29, 1.82) is 0 Å². The molecular weight excluding hydrogens is 248 g/mol. The summed E-state index contributed by atoms with van der Waals surface area (Å²) in [5, 5.41) is 2.14. The normalized spacial score (nSPS) is 12.2. The van der Waals surface area contributed by atoms with Gasteiger partial charge in [-0.05, 0) is 35.4 Å². The minimum absolute atomic E-state index is 0.325. The Bertz CT molecular complexity index is 580. The number of carbonyl (C=O) groups is 1. The molecule has 0 aromatic heterocycles. The van der Waals surface area contributed by atoms with E-state index in [0.717, 1.165) is 22.1 Å². The van der Waals surface area contributed by atoms with Gasteiger partial charge in [0.25, 0.3) is 0 Å². The molecule has 0 fully saturated rings. The Morgan fingerprint density at radius 1 is 1.17 bits per heavy atom. The third kappa shape index (κ3) is 2.43. The van der Waals surface area contributed by atoms with E-state index in [2.05, 4.69) is 17.1 Å². The smallest absolute Gasteiger partial charge is 0.324 e. The van der Waals surface area contributed by atoms with Gasteiger partial charge in [-0.1, -0.05) is 24.3 Å². The van der Waals surface area contributed by atoms with Crippen molar-refractivity contribution in [1.82, 2.24) is 0 Å². The van der Waals surface area contributed by atoms with Crippen LogP contribution in [0.3, 0.4) is 0 Å². The van der Waals surface area contributed by atoms with Crippen LogP contribution in [-0.2, 0) is 8.98 Å². The van der Waals surface area contributed by atoms with E-state index in [-0.39, 0.29) is 11.9 Å². The van der Waals surface area contributed by atoms with Crippen LogP contribution in [0, 0.1) is 0 Å². The number of methoxy groups -OCH3 is 1. The molecule has 0 radical (unpaired) electrons. The monoisotopic (exact) mass is 262 g/mol. The first-order chi connectivity index (χ1) is 8.65. The van der Waals surface area contributed by atoms with Gasteiger partial charge in [-0.3, -0.25) is 4.79 Å². The van der Waals surface area contributed by atoms with Gasteiger partial charge in [0.2, 0.25) is 0 Å². The SMILES string of the molecule is COc1ccc2cc([C@H](C)C(=O)OS)ccc2c1. The molecule has 0 heterocycles. The molecule has 0 spiro atoms. The molecule has 0 aliphatic rings. The zero-order valence-corrected chi connectivity index (χ0v) is 11.1. The van der Waals surface area contributed by atoms with Crippen molar-refractivity contribution < 1.29 is 13.7 Å². The second-order valence-corrected chi connectivity index (χ2v) is 4.29. The maximum Gasteiger partial charge on any atom is 0.324 e. The molecule has 0 aliphatic carbocycles. The van der Waals surface area contributed by atoms with Crippen molar-refractivity contribution in [2.45, 2.75) is 12.8 Å². The second-order valence-electron chi connectivity index (χ2n) is 4.10. The molecule has 0 N–H and O–H groups in total. The third-order valence-corrected chi connectivity index (χ3v) is 3.19. The highest BCUT2D eigenvalue weighted by atomic mass is 32.1. The highest BCUT2D eigenvalue weighted by Crippen LogP contribution is 2.25. The van der Waals surface area contributed by atoms with Crippen LogP contribution >= 0.6 is 12.9 Å². The van der Waals surface area contributed by atoms with Crippen molar-refractivity contribution in [3.63, 3.8) is 0 Å². The van der Waals surface area contributed by atoms with Crippen LogP contribution in [0.1, 0.15) is 18.4 Å². The molecule has 2 aromatic rings. The van der Waals surface area contributed by atoms with E-state index < -0.39 is 0 Å². The number of benzene rings is 2. The number of hydrogen-bond donors (Lipinski definition) is 1. The van der Waals surface area contributed by atoms with Crippen molar-refractivity contribution in [2.24, 2.45) is 0 Å². The van der Waals surface area contributed by atoms with Gasteiger partial charge in [-0.25, -0.2) is 0 Å². The fraction of sp³-hybridized carbons (Fsp3) is 0.214. The van der Waals surface area contributed by atoms with E-state index >= 15 is 0 Å². The van der Waals surface area contributed by atoms with Crippen LogP contribution in [0.25, 0.3) is 10.8 Å². The number of ether oxygens (including phenoxy) is 1. The fourth-order valence-corrected chi connectivity index (χ4v) is 2.01. The third-order valence-electron chi connectivity index (χ3n) is 3.01. The Labute approximate surface area is 111 Å². The molecular formula is C14H14O3S. The Morgan fingerprint density at radius 2 is 1.83 bits per heavy atom. The van der Waals surface area contributed by atoms with Crippen molar-refractivity contribution in [2.75, 3.05) is 7.11 Å². The Kier molecular flexibility index (Phi) is 3.77. The van der Waals surface area contributed by atoms with Gasteiger partial charge >= 0.3 is 5.97 Å². The minimum atomic E-state index is -0.355. The summed E-state index contributed by atoms with van der Waals surface area (Å²) in [6, 6.07) is 11.7. The first kappa shape index (κ1) is 12.8. The molecule has 0 aliphatic heterocycles. The molecule has 0 amide bonds. The maximum atomic E-state index is 11.4. The number of fused-ring (bicyclic) bond motifs is 1. The predicted octanol–water partition coefficient (Wildman–Crippen LogP) is 3.34. The van der Waals surface area contributed by atoms with Crippen LogP contribution < -0.4 is 4.74 Å². The zero-order chi connectivity index (χ0) is 13.1. The van der Waals surface area contributed by atoms with Crippen molar-refractivity contribution >= 4 is 29.7 Å². The van der Waals surface area contributed by atoms with Crippen molar-refractivity contribution in [3.05, 3.63) is 42.0 Å². The Hall–Kier alpha value is -1.68. The molecule has 1 atom stereocenters. The van der Waals surface area contributed by atoms with Gasteiger partial charge in [0.1, 0.15) is 5.75 Å². The van der Waals surface area contributed by atoms with E-state index in [0.29, 0.717) is 0 Å². The van der Waals surface area contributed by atoms with E-state index in [1.165, 1.54) is 0 Å². The van der Waals surface area contributed by atoms with E-state index in [1.54, 1.807) is 14.0 Å². The zero-order valence-electron chi connectivity index (χ0n) is 10.2. The topological polar surface area (TPSA) is 35.5 Å². The summed E-state index contributed by atoms with van der Waals surface area (Å²) in [5.74, 6) is 0.137. The Morgan fingerprint density at radius 3 is 2.50 bits per heavy atom. The lowest BCUT2D eigenvalue weighted by atomic mass is 9.98. The number of hydrogen-bond acceptors (Lipinski definition) is 4. The van der Waals surface area contributed by atoms with Gasteiger partial charge in [0, 0.05) is 12.9 Å². The standard InChI is InChI=1S/C14H14O3S/c1-9(14(15)17-18)10-3-4-12-8-13(16-2)6-5-11(12)7-10/h3-9,18H,1-2H3/t9-/m0/s1. The Balaban J connectivity index is 2.42. The van der Waals surface area contributed by atoms with Crippen LogP contribution in [-0.4, -0.2) is 13.1 Å². The molecule has 2 aromatic carbocycles. The van der Waals surface area contributed by atoms with Crippen LogP contribution in [0.2, 0.25) is 0 Å². The summed E-state index contributed by atoms with van der Waals surface area (Å²) < 4.78 is 9.62. The number of thiol groups is 1. The van der Waals surface area contributed by atoms with Gasteiger partial charge in [-0.15, -0.1) is 0 Å². The number of carbonyl (C=O) groups excluding carboxylic acids is 1. The lowest BCUT2D eigenvalue weighted by Gasteiger charge is -2.10. The van der Waals surface area contributed by atoms with E-state index in [1.807, 2.05) is 36.4 Å². The van der Waals surface area contributed by atoms with Gasteiger partial charge in [-0.2, -0.15) is 0 Å². The quantitative estimate of drug-likeness (QED) is 0.680. The van der Waals surface area contributed by atoms with Gasteiger partial charge in [0.15, 0.2) is 0 Å². The highest BCUT2D eigenvalue weighted by molar-refractivity contribution is 7.75. The molecule has 18 heavy (non-hydrogen) atoms. The highest BCUT2D eigenvalue weighted by Gasteiger charge is 2.16. The predicted molar refractivity (Wildman–Crippen MR) is 74.0 cm³/mol. The average Bonchev–Trinajstić information content (AvgIpc) is 2.44. The molecule has 3 nitrogen and oxygen atoms in total. The summed E-state index contributed by atoms with van der Waals surface area (Å²) >= 11 is 3.54. The molecule has 2 rings (SSSR count). The lowest BCUT2D eigenvalue weighted by molar-refractivity contribution is -0.134. The first-order valence-corrected chi connectivity index (χ1v) is 5.95. The lowest BCUT2D eigenvalue weighted by Crippen LogP contribution is -2.08. The number of rotatable bonds is 3. The van der Waals surface area contributed by atoms with E-state index in [4.69, 9.17) is 4.74 Å².